The second-order valence-electron chi connectivity index (χ2n) is 4.19. The lowest BCUT2D eigenvalue weighted by Crippen LogP contribution is -2.07. The Morgan fingerprint density at radius 2 is 2.06 bits per heavy atom. The summed E-state index contributed by atoms with van der Waals surface area (Å²) in [6.45, 7) is 2.35. The highest BCUT2D eigenvalue weighted by molar-refractivity contribution is 5.69. The van der Waals surface area contributed by atoms with E-state index in [1.165, 1.54) is 6.07 Å². The average molecular weight is 251 g/mol. The fourth-order valence-electron chi connectivity index (χ4n) is 2.01. The van der Waals surface area contributed by atoms with Crippen molar-refractivity contribution in [1.82, 2.24) is 15.1 Å². The van der Waals surface area contributed by atoms with Gasteiger partial charge in [-0.25, -0.2) is 8.78 Å². The molecular formula is C13H15F2N3. The number of nitrogens with one attached hydrogen (secondary N) is 1. The molecule has 0 radical (unpaired) electrons. The topological polar surface area (TPSA) is 29.9 Å². The Morgan fingerprint density at radius 3 is 2.72 bits per heavy atom. The fourth-order valence-corrected chi connectivity index (χ4v) is 2.01. The maximum atomic E-state index is 13.8. The van der Waals surface area contributed by atoms with Crippen LogP contribution in [0.15, 0.2) is 18.2 Å². The number of nitrogens with zero attached hydrogens (tertiary/aromatic N) is 2. The smallest absolute Gasteiger partial charge is 0.131 e. The second-order valence-corrected chi connectivity index (χ2v) is 4.19. The van der Waals surface area contributed by atoms with Gasteiger partial charge in [-0.2, -0.15) is 5.10 Å². The Balaban J connectivity index is 2.65. The minimum Gasteiger partial charge on any atom is -0.314 e. The predicted molar refractivity (Wildman–Crippen MR) is 66.1 cm³/mol. The minimum atomic E-state index is -0.454. The van der Waals surface area contributed by atoms with Gasteiger partial charge in [-0.3, -0.25) is 4.68 Å². The van der Waals surface area contributed by atoms with Gasteiger partial charge in [-0.15, -0.1) is 0 Å². The molecule has 0 amide bonds. The van der Waals surface area contributed by atoms with Crippen molar-refractivity contribution in [3.63, 3.8) is 0 Å². The van der Waals surface area contributed by atoms with Crippen molar-refractivity contribution in [2.45, 2.75) is 13.5 Å². The lowest BCUT2D eigenvalue weighted by atomic mass is 10.0. The van der Waals surface area contributed by atoms with E-state index in [1.54, 1.807) is 18.8 Å². The van der Waals surface area contributed by atoms with E-state index in [0.29, 0.717) is 17.8 Å². The van der Waals surface area contributed by atoms with Gasteiger partial charge in [0.2, 0.25) is 0 Å². The summed E-state index contributed by atoms with van der Waals surface area (Å²) in [7, 11) is 3.57. The Hall–Kier alpha value is -1.75. The van der Waals surface area contributed by atoms with Gasteiger partial charge in [-0.05, 0) is 32.2 Å². The number of hydrogen-bond acceptors (Lipinski definition) is 2. The molecule has 0 aliphatic heterocycles. The van der Waals surface area contributed by atoms with Crippen LogP contribution in [-0.2, 0) is 13.6 Å². The molecule has 2 aromatic rings. The zero-order valence-corrected chi connectivity index (χ0v) is 10.6. The summed E-state index contributed by atoms with van der Waals surface area (Å²) in [6, 6.07) is 3.46. The van der Waals surface area contributed by atoms with Crippen LogP contribution in [0.4, 0.5) is 8.78 Å². The SMILES string of the molecule is CNCc1nn(C)c(C)c1-c1cc(F)ccc1F. The van der Waals surface area contributed by atoms with Crippen molar-refractivity contribution in [2.75, 3.05) is 7.05 Å². The van der Waals surface area contributed by atoms with Crippen molar-refractivity contribution in [2.24, 2.45) is 7.05 Å². The largest absolute Gasteiger partial charge is 0.314 e. The molecule has 96 valence electrons. The van der Waals surface area contributed by atoms with Crippen LogP contribution in [0.25, 0.3) is 11.1 Å². The van der Waals surface area contributed by atoms with E-state index in [4.69, 9.17) is 0 Å². The van der Waals surface area contributed by atoms with Crippen LogP contribution in [0.2, 0.25) is 0 Å². The molecule has 0 aliphatic rings. The van der Waals surface area contributed by atoms with Crippen LogP contribution in [0.3, 0.4) is 0 Å². The van der Waals surface area contributed by atoms with E-state index >= 15 is 0 Å². The molecule has 1 aromatic carbocycles. The molecule has 3 nitrogen and oxygen atoms in total. The molecule has 0 saturated heterocycles. The first-order valence-corrected chi connectivity index (χ1v) is 5.67. The fraction of sp³-hybridized carbons (Fsp3) is 0.308. The van der Waals surface area contributed by atoms with Crippen molar-refractivity contribution >= 4 is 0 Å². The van der Waals surface area contributed by atoms with E-state index in [9.17, 15) is 8.78 Å². The van der Waals surface area contributed by atoms with Crippen LogP contribution in [0.5, 0.6) is 0 Å². The first-order valence-electron chi connectivity index (χ1n) is 5.67. The van der Waals surface area contributed by atoms with Crippen LogP contribution >= 0.6 is 0 Å². The first kappa shape index (κ1) is 12.7. The normalized spacial score (nSPS) is 10.9. The van der Waals surface area contributed by atoms with E-state index in [0.717, 1.165) is 17.8 Å². The Kier molecular flexibility index (Phi) is 3.43. The Bertz CT molecular complexity index is 576. The van der Waals surface area contributed by atoms with Gasteiger partial charge < -0.3 is 5.32 Å². The van der Waals surface area contributed by atoms with Crippen LogP contribution < -0.4 is 5.32 Å². The molecule has 2 rings (SSSR count). The van der Waals surface area contributed by atoms with E-state index in [2.05, 4.69) is 10.4 Å². The van der Waals surface area contributed by atoms with Gasteiger partial charge in [0, 0.05) is 30.4 Å². The lowest BCUT2D eigenvalue weighted by molar-refractivity contribution is 0.603. The summed E-state index contributed by atoms with van der Waals surface area (Å²) in [5, 5.41) is 7.29. The summed E-state index contributed by atoms with van der Waals surface area (Å²) in [6.07, 6.45) is 0. The molecule has 18 heavy (non-hydrogen) atoms. The molecule has 1 N–H and O–H groups in total. The monoisotopic (exact) mass is 251 g/mol. The van der Waals surface area contributed by atoms with Crippen molar-refractivity contribution in [3.8, 4) is 11.1 Å². The van der Waals surface area contributed by atoms with E-state index < -0.39 is 11.6 Å². The number of rotatable bonds is 3. The third-order valence-electron chi connectivity index (χ3n) is 2.95. The maximum absolute atomic E-state index is 13.8. The minimum absolute atomic E-state index is 0.255. The quantitative estimate of drug-likeness (QED) is 0.907. The lowest BCUT2D eigenvalue weighted by Gasteiger charge is -2.06. The molecule has 0 fully saturated rings. The summed E-state index contributed by atoms with van der Waals surface area (Å²) in [5.74, 6) is -0.894. The van der Waals surface area contributed by atoms with Crippen LogP contribution in [0.1, 0.15) is 11.4 Å². The van der Waals surface area contributed by atoms with Gasteiger partial charge >= 0.3 is 0 Å². The molecule has 0 saturated carbocycles. The van der Waals surface area contributed by atoms with Gasteiger partial charge in [0.15, 0.2) is 0 Å². The highest BCUT2D eigenvalue weighted by atomic mass is 19.1. The van der Waals surface area contributed by atoms with Crippen molar-refractivity contribution in [1.29, 1.82) is 0 Å². The van der Waals surface area contributed by atoms with Gasteiger partial charge in [0.05, 0.1) is 5.69 Å². The van der Waals surface area contributed by atoms with E-state index in [1.807, 2.05) is 6.92 Å². The zero-order valence-electron chi connectivity index (χ0n) is 10.6. The highest BCUT2D eigenvalue weighted by Crippen LogP contribution is 2.29. The van der Waals surface area contributed by atoms with Gasteiger partial charge in [0.25, 0.3) is 0 Å². The number of aromatic nitrogens is 2. The highest BCUT2D eigenvalue weighted by Gasteiger charge is 2.17. The third kappa shape index (κ3) is 2.13. The molecule has 0 atom stereocenters. The number of aryl methyl sites for hydroxylation is 1. The summed E-state index contributed by atoms with van der Waals surface area (Å²) in [4.78, 5) is 0. The molecule has 1 aromatic heterocycles. The molecule has 1 heterocycles. The summed E-state index contributed by atoms with van der Waals surface area (Å²) >= 11 is 0. The standard InChI is InChI=1S/C13H15F2N3/c1-8-13(12(7-16-2)17-18(8)3)10-6-9(14)4-5-11(10)15/h4-6,16H,7H2,1-3H3. The molecule has 0 unspecified atom stereocenters. The van der Waals surface area contributed by atoms with Crippen molar-refractivity contribution < 1.29 is 8.78 Å². The second kappa shape index (κ2) is 4.86. The predicted octanol–water partition coefficient (Wildman–Crippen LogP) is 2.39. The Labute approximate surface area is 104 Å². The van der Waals surface area contributed by atoms with Gasteiger partial charge in [-0.1, -0.05) is 0 Å². The molecule has 0 spiro atoms. The average Bonchev–Trinajstić information content (AvgIpc) is 2.59. The number of halogens is 2. The maximum Gasteiger partial charge on any atom is 0.131 e. The third-order valence-corrected chi connectivity index (χ3v) is 2.95. The molecule has 5 heteroatoms. The zero-order chi connectivity index (χ0) is 13.3. The van der Waals surface area contributed by atoms with Gasteiger partial charge in [0.1, 0.15) is 11.6 Å². The molecule has 0 aliphatic carbocycles. The van der Waals surface area contributed by atoms with E-state index in [-0.39, 0.29) is 5.56 Å². The molecule has 0 bridgehead atoms. The van der Waals surface area contributed by atoms with Crippen LogP contribution in [0, 0.1) is 18.6 Å². The van der Waals surface area contributed by atoms with Crippen molar-refractivity contribution in [3.05, 3.63) is 41.2 Å². The number of benzene rings is 1. The molecular weight excluding hydrogens is 236 g/mol. The van der Waals surface area contributed by atoms with Crippen LogP contribution in [-0.4, -0.2) is 16.8 Å². The first-order chi connectivity index (χ1) is 8.54. The number of hydrogen-bond donors (Lipinski definition) is 1. The Morgan fingerprint density at radius 1 is 1.33 bits per heavy atom. The summed E-state index contributed by atoms with van der Waals surface area (Å²) < 4.78 is 28.8. The summed E-state index contributed by atoms with van der Waals surface area (Å²) in [5.41, 5.74) is 2.43.